The molecule has 1 aliphatic rings. The van der Waals surface area contributed by atoms with Gasteiger partial charge in [-0.25, -0.2) is 9.97 Å². The third-order valence-corrected chi connectivity index (χ3v) is 3.91. The molecule has 0 unspecified atom stereocenters. The second kappa shape index (κ2) is 7.46. The van der Waals surface area contributed by atoms with Crippen LogP contribution in [-0.4, -0.2) is 23.1 Å². The number of rotatable bonds is 6. The molecule has 0 bridgehead atoms. The van der Waals surface area contributed by atoms with Gasteiger partial charge >= 0.3 is 0 Å². The van der Waals surface area contributed by atoms with Crippen LogP contribution in [0.3, 0.4) is 0 Å². The molecule has 2 rings (SSSR count). The van der Waals surface area contributed by atoms with Crippen LogP contribution in [-0.2, 0) is 0 Å². The first-order valence-electron chi connectivity index (χ1n) is 8.05. The van der Waals surface area contributed by atoms with Crippen molar-refractivity contribution in [1.29, 1.82) is 0 Å². The van der Waals surface area contributed by atoms with Crippen LogP contribution in [0.2, 0.25) is 0 Å². The smallest absolute Gasteiger partial charge is 0.135 e. The van der Waals surface area contributed by atoms with Gasteiger partial charge in [0.1, 0.15) is 17.5 Å². The molecule has 4 nitrogen and oxygen atoms in total. The van der Waals surface area contributed by atoms with Crippen LogP contribution in [0.5, 0.6) is 0 Å². The minimum Gasteiger partial charge on any atom is -0.370 e. The van der Waals surface area contributed by atoms with Crippen molar-refractivity contribution in [2.45, 2.75) is 58.8 Å². The number of anilines is 2. The molecule has 4 heteroatoms. The fourth-order valence-electron chi connectivity index (χ4n) is 2.73. The van der Waals surface area contributed by atoms with Crippen LogP contribution in [0.15, 0.2) is 6.07 Å². The van der Waals surface area contributed by atoms with Gasteiger partial charge in [-0.15, -0.1) is 0 Å². The van der Waals surface area contributed by atoms with Crippen LogP contribution in [0.25, 0.3) is 0 Å². The summed E-state index contributed by atoms with van der Waals surface area (Å²) in [6.45, 7) is 8.29. The van der Waals surface area contributed by atoms with E-state index in [1.165, 1.54) is 32.1 Å². The number of hydrogen-bond donors (Lipinski definition) is 2. The summed E-state index contributed by atoms with van der Waals surface area (Å²) in [4.78, 5) is 9.19. The Balaban J connectivity index is 2.01. The van der Waals surface area contributed by atoms with E-state index in [4.69, 9.17) is 0 Å². The van der Waals surface area contributed by atoms with Gasteiger partial charge in [0.05, 0.1) is 0 Å². The lowest BCUT2D eigenvalue weighted by Crippen LogP contribution is -2.18. The van der Waals surface area contributed by atoms with E-state index in [1.807, 2.05) is 6.07 Å². The molecular weight excluding hydrogens is 248 g/mol. The van der Waals surface area contributed by atoms with E-state index in [-0.39, 0.29) is 0 Å². The van der Waals surface area contributed by atoms with Crippen LogP contribution in [0.4, 0.5) is 11.6 Å². The molecule has 0 aliphatic heterocycles. The Morgan fingerprint density at radius 3 is 2.35 bits per heavy atom. The highest BCUT2D eigenvalue weighted by atomic mass is 15.1. The highest BCUT2D eigenvalue weighted by molar-refractivity contribution is 5.47. The molecule has 0 amide bonds. The molecule has 0 spiro atoms. The Hall–Kier alpha value is -1.32. The average molecular weight is 276 g/mol. The van der Waals surface area contributed by atoms with Crippen molar-refractivity contribution in [3.05, 3.63) is 11.9 Å². The molecule has 0 radical (unpaired) electrons. The third-order valence-electron chi connectivity index (χ3n) is 3.91. The second-order valence-electron chi connectivity index (χ2n) is 6.07. The van der Waals surface area contributed by atoms with E-state index in [0.717, 1.165) is 36.5 Å². The second-order valence-corrected chi connectivity index (χ2v) is 6.07. The van der Waals surface area contributed by atoms with Crippen molar-refractivity contribution < 1.29 is 0 Å². The number of nitrogens with one attached hydrogen (secondary N) is 2. The summed E-state index contributed by atoms with van der Waals surface area (Å²) in [6.07, 6.45) is 6.89. The third kappa shape index (κ3) is 4.36. The Morgan fingerprint density at radius 1 is 1.10 bits per heavy atom. The first-order chi connectivity index (χ1) is 9.69. The Kier molecular flexibility index (Phi) is 5.62. The molecule has 1 saturated carbocycles. The summed E-state index contributed by atoms with van der Waals surface area (Å²) < 4.78 is 0. The zero-order valence-corrected chi connectivity index (χ0v) is 13.1. The predicted octanol–water partition coefficient (Wildman–Crippen LogP) is 4.02. The summed E-state index contributed by atoms with van der Waals surface area (Å²) in [5.74, 6) is 3.96. The number of aromatic nitrogens is 2. The van der Waals surface area contributed by atoms with Crippen LogP contribution in [0.1, 0.15) is 64.6 Å². The van der Waals surface area contributed by atoms with Gasteiger partial charge in [0.15, 0.2) is 0 Å². The van der Waals surface area contributed by atoms with Gasteiger partial charge in [0.2, 0.25) is 0 Å². The highest BCUT2D eigenvalue weighted by Crippen LogP contribution is 2.24. The van der Waals surface area contributed by atoms with Crippen molar-refractivity contribution in [2.75, 3.05) is 23.7 Å². The Bertz CT molecular complexity index is 411. The zero-order chi connectivity index (χ0) is 14.4. The monoisotopic (exact) mass is 276 g/mol. The van der Waals surface area contributed by atoms with Gasteiger partial charge in [-0.3, -0.25) is 0 Å². The summed E-state index contributed by atoms with van der Waals surface area (Å²) in [6, 6.07) is 2.03. The fourth-order valence-corrected chi connectivity index (χ4v) is 2.73. The van der Waals surface area contributed by atoms with Crippen molar-refractivity contribution in [1.82, 2.24) is 9.97 Å². The molecule has 1 aromatic heterocycles. The Morgan fingerprint density at radius 2 is 1.75 bits per heavy atom. The van der Waals surface area contributed by atoms with E-state index in [0.29, 0.717) is 5.92 Å². The van der Waals surface area contributed by atoms with Crippen LogP contribution >= 0.6 is 0 Å². The maximum absolute atomic E-state index is 4.64. The van der Waals surface area contributed by atoms with Crippen molar-refractivity contribution in [3.8, 4) is 0 Å². The fraction of sp³-hybridized carbons (Fsp3) is 0.750. The normalized spacial score (nSPS) is 16.4. The molecule has 1 fully saturated rings. The van der Waals surface area contributed by atoms with Gasteiger partial charge < -0.3 is 10.6 Å². The average Bonchev–Trinajstić information content (AvgIpc) is 2.46. The SMILES string of the molecule is CCNc1cc(NCC2CCCCC2)nc(C(C)C)n1. The summed E-state index contributed by atoms with van der Waals surface area (Å²) in [5, 5.41) is 6.81. The molecular formula is C16H28N4. The lowest BCUT2D eigenvalue weighted by molar-refractivity contribution is 0.373. The Labute approximate surface area is 122 Å². The maximum Gasteiger partial charge on any atom is 0.135 e. The largest absolute Gasteiger partial charge is 0.370 e. The topological polar surface area (TPSA) is 49.8 Å². The molecule has 0 aromatic carbocycles. The van der Waals surface area contributed by atoms with E-state index in [2.05, 4.69) is 41.4 Å². The molecule has 1 aromatic rings. The van der Waals surface area contributed by atoms with E-state index in [1.54, 1.807) is 0 Å². The predicted molar refractivity (Wildman–Crippen MR) is 85.3 cm³/mol. The van der Waals surface area contributed by atoms with Crippen LogP contribution < -0.4 is 10.6 Å². The van der Waals surface area contributed by atoms with Gasteiger partial charge in [-0.1, -0.05) is 33.1 Å². The van der Waals surface area contributed by atoms with Gasteiger partial charge in [-0.2, -0.15) is 0 Å². The zero-order valence-electron chi connectivity index (χ0n) is 13.1. The molecule has 1 heterocycles. The van der Waals surface area contributed by atoms with E-state index in [9.17, 15) is 0 Å². The van der Waals surface area contributed by atoms with E-state index < -0.39 is 0 Å². The summed E-state index contributed by atoms with van der Waals surface area (Å²) >= 11 is 0. The molecule has 0 atom stereocenters. The molecule has 0 saturated heterocycles. The number of nitrogens with zero attached hydrogens (tertiary/aromatic N) is 2. The minimum atomic E-state index is 0.351. The molecule has 20 heavy (non-hydrogen) atoms. The summed E-state index contributed by atoms with van der Waals surface area (Å²) in [7, 11) is 0. The first-order valence-corrected chi connectivity index (χ1v) is 8.05. The standard InChI is InChI=1S/C16H28N4/c1-4-17-14-10-15(20-16(19-14)12(2)3)18-11-13-8-6-5-7-9-13/h10,12-13H,4-9,11H2,1-3H3,(H2,17,18,19,20). The minimum absolute atomic E-state index is 0.351. The lowest BCUT2D eigenvalue weighted by Gasteiger charge is -2.22. The maximum atomic E-state index is 4.64. The van der Waals surface area contributed by atoms with Crippen molar-refractivity contribution >= 4 is 11.6 Å². The first kappa shape index (κ1) is 15.1. The molecule has 1 aliphatic carbocycles. The number of hydrogen-bond acceptors (Lipinski definition) is 4. The molecule has 112 valence electrons. The van der Waals surface area contributed by atoms with Crippen LogP contribution in [0, 0.1) is 5.92 Å². The van der Waals surface area contributed by atoms with Gasteiger partial charge in [0, 0.05) is 25.1 Å². The quantitative estimate of drug-likeness (QED) is 0.824. The summed E-state index contributed by atoms with van der Waals surface area (Å²) in [5.41, 5.74) is 0. The van der Waals surface area contributed by atoms with Crippen molar-refractivity contribution in [3.63, 3.8) is 0 Å². The van der Waals surface area contributed by atoms with Gasteiger partial charge in [0.25, 0.3) is 0 Å². The highest BCUT2D eigenvalue weighted by Gasteiger charge is 2.14. The van der Waals surface area contributed by atoms with E-state index >= 15 is 0 Å². The molecule has 2 N–H and O–H groups in total. The van der Waals surface area contributed by atoms with Gasteiger partial charge in [-0.05, 0) is 25.7 Å². The lowest BCUT2D eigenvalue weighted by atomic mass is 9.89. The van der Waals surface area contributed by atoms with Crippen molar-refractivity contribution in [2.24, 2.45) is 5.92 Å².